The first kappa shape index (κ1) is 17.9. The maximum Gasteiger partial charge on any atom is 0.149 e. The summed E-state index contributed by atoms with van der Waals surface area (Å²) in [6.45, 7) is 6.46. The summed E-state index contributed by atoms with van der Waals surface area (Å²) in [5, 5.41) is 3.07. The summed E-state index contributed by atoms with van der Waals surface area (Å²) in [6, 6.07) is 2.79. The lowest BCUT2D eigenvalue weighted by Crippen LogP contribution is -2.23. The number of benzene rings is 1. The van der Waals surface area contributed by atoms with E-state index in [4.69, 9.17) is 4.74 Å². The highest BCUT2D eigenvalue weighted by Gasteiger charge is 2.15. The predicted molar refractivity (Wildman–Crippen MR) is 82.7 cm³/mol. The summed E-state index contributed by atoms with van der Waals surface area (Å²) < 4.78 is 33.2. The van der Waals surface area contributed by atoms with Crippen molar-refractivity contribution in [3.63, 3.8) is 0 Å². The zero-order valence-electron chi connectivity index (χ0n) is 13.4. The second kappa shape index (κ2) is 8.95. The Hall–Kier alpha value is -1.20. The van der Waals surface area contributed by atoms with E-state index >= 15 is 0 Å². The molecule has 0 unspecified atom stereocenters. The van der Waals surface area contributed by atoms with Crippen LogP contribution in [-0.2, 0) is 11.3 Å². The first-order valence-electron chi connectivity index (χ1n) is 7.34. The zero-order chi connectivity index (χ0) is 15.8. The minimum atomic E-state index is -0.509. The first-order chi connectivity index (χ1) is 9.95. The molecule has 0 atom stereocenters. The summed E-state index contributed by atoms with van der Waals surface area (Å²) in [5.41, 5.74) is 0.651. The number of anilines is 1. The van der Waals surface area contributed by atoms with Crippen LogP contribution >= 0.6 is 0 Å². The Balaban J connectivity index is 2.70. The molecule has 1 aromatic rings. The number of rotatable bonds is 9. The van der Waals surface area contributed by atoms with Gasteiger partial charge in [0.2, 0.25) is 0 Å². The molecule has 3 nitrogen and oxygen atoms in total. The van der Waals surface area contributed by atoms with Crippen molar-refractivity contribution in [2.24, 2.45) is 5.92 Å². The third-order valence-corrected chi connectivity index (χ3v) is 3.31. The Morgan fingerprint density at radius 3 is 2.38 bits per heavy atom. The van der Waals surface area contributed by atoms with Crippen LogP contribution in [0.1, 0.15) is 25.8 Å². The molecule has 0 saturated heterocycles. The van der Waals surface area contributed by atoms with Gasteiger partial charge >= 0.3 is 0 Å². The van der Waals surface area contributed by atoms with Crippen LogP contribution in [-0.4, -0.2) is 33.9 Å². The second-order valence-corrected chi connectivity index (χ2v) is 5.68. The van der Waals surface area contributed by atoms with Crippen molar-refractivity contribution in [1.29, 1.82) is 0 Å². The molecule has 0 radical (unpaired) electrons. The fraction of sp³-hybridized carbons (Fsp3) is 0.625. The largest absolute Gasteiger partial charge is 0.383 e. The van der Waals surface area contributed by atoms with Gasteiger partial charge in [0.25, 0.3) is 0 Å². The van der Waals surface area contributed by atoms with Crippen molar-refractivity contribution in [2.45, 2.75) is 26.8 Å². The van der Waals surface area contributed by atoms with Gasteiger partial charge in [-0.2, -0.15) is 0 Å². The van der Waals surface area contributed by atoms with Crippen molar-refractivity contribution in [3.8, 4) is 0 Å². The fourth-order valence-electron chi connectivity index (χ4n) is 2.06. The van der Waals surface area contributed by atoms with E-state index in [1.807, 2.05) is 0 Å². The Labute approximate surface area is 126 Å². The average Bonchev–Trinajstić information content (AvgIpc) is 2.40. The summed E-state index contributed by atoms with van der Waals surface area (Å²) in [7, 11) is 3.34. The van der Waals surface area contributed by atoms with Crippen molar-refractivity contribution in [2.75, 3.05) is 38.8 Å². The van der Waals surface area contributed by atoms with Crippen LogP contribution in [0.4, 0.5) is 14.5 Å². The van der Waals surface area contributed by atoms with Crippen LogP contribution in [0.3, 0.4) is 0 Å². The summed E-state index contributed by atoms with van der Waals surface area (Å²) in [4.78, 5) is 1.65. The first-order valence-corrected chi connectivity index (χ1v) is 7.34. The Morgan fingerprint density at radius 2 is 1.86 bits per heavy atom. The summed E-state index contributed by atoms with van der Waals surface area (Å²) >= 11 is 0. The molecule has 0 aliphatic rings. The normalized spacial score (nSPS) is 11.2. The number of ether oxygens (including phenoxy) is 1. The molecular formula is C16H26F2N2O. The molecule has 1 N–H and O–H groups in total. The molecule has 21 heavy (non-hydrogen) atoms. The van der Waals surface area contributed by atoms with Crippen molar-refractivity contribution in [3.05, 3.63) is 29.3 Å². The quantitative estimate of drug-likeness (QED) is 0.709. The van der Waals surface area contributed by atoms with E-state index in [2.05, 4.69) is 19.2 Å². The average molecular weight is 300 g/mol. The molecule has 1 aromatic carbocycles. The van der Waals surface area contributed by atoms with Gasteiger partial charge in [-0.3, -0.25) is 0 Å². The number of hydrogen-bond acceptors (Lipinski definition) is 3. The van der Waals surface area contributed by atoms with E-state index < -0.39 is 11.6 Å². The van der Waals surface area contributed by atoms with Crippen LogP contribution in [0.25, 0.3) is 0 Å². The van der Waals surface area contributed by atoms with Crippen LogP contribution in [0.5, 0.6) is 0 Å². The molecule has 0 aromatic heterocycles. The van der Waals surface area contributed by atoms with Gasteiger partial charge in [-0.25, -0.2) is 8.78 Å². The van der Waals surface area contributed by atoms with Gasteiger partial charge in [0.15, 0.2) is 0 Å². The molecule has 0 aliphatic heterocycles. The topological polar surface area (TPSA) is 24.5 Å². The molecule has 0 aliphatic carbocycles. The van der Waals surface area contributed by atoms with Crippen LogP contribution in [0.15, 0.2) is 12.1 Å². The van der Waals surface area contributed by atoms with Crippen molar-refractivity contribution in [1.82, 2.24) is 5.32 Å². The summed E-state index contributed by atoms with van der Waals surface area (Å²) in [6.07, 6.45) is 0.899. The standard InChI is InChI=1S/C16H26F2N2O/c1-12(2)5-7-20(3)16-14(17)9-13(10-15(16)18)11-19-6-8-21-4/h9-10,12,19H,5-8,11H2,1-4H3. The minimum absolute atomic E-state index is 0.0521. The second-order valence-electron chi connectivity index (χ2n) is 5.68. The molecule has 0 heterocycles. The number of nitrogens with zero attached hydrogens (tertiary/aromatic N) is 1. The Bertz CT molecular complexity index is 415. The lowest BCUT2D eigenvalue weighted by Gasteiger charge is -2.22. The molecule has 0 spiro atoms. The van der Waals surface area contributed by atoms with E-state index in [9.17, 15) is 8.78 Å². The highest BCUT2D eigenvalue weighted by molar-refractivity contribution is 5.50. The van der Waals surface area contributed by atoms with E-state index in [1.165, 1.54) is 12.1 Å². The van der Waals surface area contributed by atoms with Gasteiger partial charge in [-0.1, -0.05) is 13.8 Å². The molecule has 0 amide bonds. The van der Waals surface area contributed by atoms with Gasteiger partial charge in [0.05, 0.1) is 6.61 Å². The summed E-state index contributed by atoms with van der Waals surface area (Å²) in [5.74, 6) is -0.516. The van der Waals surface area contributed by atoms with Crippen molar-refractivity contribution < 1.29 is 13.5 Å². The molecule has 0 bridgehead atoms. The van der Waals surface area contributed by atoms with Gasteiger partial charge in [0.1, 0.15) is 17.3 Å². The maximum absolute atomic E-state index is 14.1. The molecule has 120 valence electrons. The van der Waals surface area contributed by atoms with Gasteiger partial charge in [0, 0.05) is 33.8 Å². The third-order valence-electron chi connectivity index (χ3n) is 3.31. The molecule has 0 saturated carbocycles. The van der Waals surface area contributed by atoms with Crippen LogP contribution < -0.4 is 10.2 Å². The highest BCUT2D eigenvalue weighted by atomic mass is 19.1. The predicted octanol–water partition coefficient (Wildman–Crippen LogP) is 3.18. The smallest absolute Gasteiger partial charge is 0.149 e. The van der Waals surface area contributed by atoms with E-state index in [1.54, 1.807) is 19.1 Å². The van der Waals surface area contributed by atoms with Gasteiger partial charge in [-0.05, 0) is 30.0 Å². The van der Waals surface area contributed by atoms with E-state index in [0.29, 0.717) is 37.7 Å². The molecule has 0 fully saturated rings. The molecule has 1 rings (SSSR count). The van der Waals surface area contributed by atoms with E-state index in [-0.39, 0.29) is 5.69 Å². The highest BCUT2D eigenvalue weighted by Crippen LogP contribution is 2.24. The van der Waals surface area contributed by atoms with Gasteiger partial charge < -0.3 is 15.0 Å². The third kappa shape index (κ3) is 5.98. The number of methoxy groups -OCH3 is 1. The zero-order valence-corrected chi connectivity index (χ0v) is 13.4. The van der Waals surface area contributed by atoms with Crippen LogP contribution in [0, 0.1) is 17.6 Å². The Morgan fingerprint density at radius 1 is 1.24 bits per heavy atom. The lowest BCUT2D eigenvalue weighted by molar-refractivity contribution is 0.199. The SMILES string of the molecule is COCCNCc1cc(F)c(N(C)CCC(C)C)c(F)c1. The number of hydrogen-bond donors (Lipinski definition) is 1. The van der Waals surface area contributed by atoms with E-state index in [0.717, 1.165) is 6.42 Å². The monoisotopic (exact) mass is 300 g/mol. The van der Waals surface area contributed by atoms with Crippen molar-refractivity contribution >= 4 is 5.69 Å². The fourth-order valence-corrected chi connectivity index (χ4v) is 2.06. The molecular weight excluding hydrogens is 274 g/mol. The maximum atomic E-state index is 14.1. The minimum Gasteiger partial charge on any atom is -0.383 e. The van der Waals surface area contributed by atoms with Crippen LogP contribution in [0.2, 0.25) is 0 Å². The Kier molecular flexibility index (Phi) is 7.61. The molecule has 5 heteroatoms. The van der Waals surface area contributed by atoms with Gasteiger partial charge in [-0.15, -0.1) is 0 Å². The number of halogens is 2. The number of nitrogens with one attached hydrogen (secondary N) is 1. The lowest BCUT2D eigenvalue weighted by atomic mass is 10.1.